The Bertz CT molecular complexity index is 529. The second kappa shape index (κ2) is 13.2. The quantitative estimate of drug-likeness (QED) is 0.245. The lowest BCUT2D eigenvalue weighted by molar-refractivity contribution is 0.377. The van der Waals surface area contributed by atoms with Gasteiger partial charge < -0.3 is 10.2 Å². The van der Waals surface area contributed by atoms with Crippen LogP contribution in [0, 0.1) is 17.7 Å². The van der Waals surface area contributed by atoms with E-state index in [9.17, 15) is 0 Å². The van der Waals surface area contributed by atoms with Gasteiger partial charge in [-0.3, -0.25) is 16.1 Å². The minimum atomic E-state index is 0.146. The molecule has 0 unspecified atom stereocenters. The van der Waals surface area contributed by atoms with E-state index in [0.717, 1.165) is 37.2 Å². The number of hydrogen-bond donors (Lipinski definition) is 4. The molecule has 0 fully saturated rings. The predicted octanol–water partition coefficient (Wildman–Crippen LogP) is 5.33. The van der Waals surface area contributed by atoms with E-state index in [0.29, 0.717) is 5.96 Å². The first kappa shape index (κ1) is 22.0. The van der Waals surface area contributed by atoms with Gasteiger partial charge in [0.2, 0.25) is 0 Å². The van der Waals surface area contributed by atoms with Crippen LogP contribution in [0.4, 0.5) is 5.69 Å². The Hall–Kier alpha value is -2.04. The number of anilines is 1. The molecule has 0 saturated heterocycles. The standard InChI is InChI=1S/C21H37N5/c1-4-6-8-10-15-26(16-11-9-7-5-2)21(23)25-20(22)24-19-14-12-13-18(3)17-19/h12-14,17H,4-11,15-16H2,1-3H3,(H4,22,23,24,25). The molecule has 0 bridgehead atoms. The van der Waals surface area contributed by atoms with Crippen molar-refractivity contribution in [3.63, 3.8) is 0 Å². The van der Waals surface area contributed by atoms with Crippen LogP contribution in [0.1, 0.15) is 70.8 Å². The van der Waals surface area contributed by atoms with Gasteiger partial charge in [-0.1, -0.05) is 64.5 Å². The van der Waals surface area contributed by atoms with Gasteiger partial charge in [0, 0.05) is 18.8 Å². The van der Waals surface area contributed by atoms with Gasteiger partial charge in [-0.15, -0.1) is 0 Å². The van der Waals surface area contributed by atoms with Crippen molar-refractivity contribution in [1.82, 2.24) is 10.2 Å². The highest BCUT2D eigenvalue weighted by molar-refractivity contribution is 6.02. The van der Waals surface area contributed by atoms with Gasteiger partial charge in [-0.2, -0.15) is 0 Å². The summed E-state index contributed by atoms with van der Waals surface area (Å²) in [5, 5.41) is 22.4. The average molecular weight is 360 g/mol. The monoisotopic (exact) mass is 359 g/mol. The van der Waals surface area contributed by atoms with Crippen molar-refractivity contribution < 1.29 is 0 Å². The molecule has 146 valence electrons. The zero-order valence-corrected chi connectivity index (χ0v) is 16.8. The minimum Gasteiger partial charge on any atom is -0.343 e. The van der Waals surface area contributed by atoms with Crippen LogP contribution in [0.5, 0.6) is 0 Å². The molecule has 0 aromatic heterocycles. The second-order valence-electron chi connectivity index (χ2n) is 6.95. The molecule has 0 aliphatic carbocycles. The molecule has 0 saturated carbocycles. The van der Waals surface area contributed by atoms with E-state index in [1.807, 2.05) is 31.2 Å². The van der Waals surface area contributed by atoms with Gasteiger partial charge in [0.05, 0.1) is 0 Å². The van der Waals surface area contributed by atoms with Gasteiger partial charge in [-0.25, -0.2) is 0 Å². The summed E-state index contributed by atoms with van der Waals surface area (Å²) in [6.45, 7) is 8.22. The first-order valence-electron chi connectivity index (χ1n) is 10.1. The molecule has 26 heavy (non-hydrogen) atoms. The van der Waals surface area contributed by atoms with Crippen LogP contribution in [0.25, 0.3) is 0 Å². The third-order valence-corrected chi connectivity index (χ3v) is 4.41. The zero-order chi connectivity index (χ0) is 19.2. The van der Waals surface area contributed by atoms with Gasteiger partial charge >= 0.3 is 0 Å². The number of nitrogens with zero attached hydrogens (tertiary/aromatic N) is 1. The molecule has 5 nitrogen and oxygen atoms in total. The average Bonchev–Trinajstić information content (AvgIpc) is 2.60. The van der Waals surface area contributed by atoms with Crippen LogP contribution in [0.2, 0.25) is 0 Å². The third-order valence-electron chi connectivity index (χ3n) is 4.41. The van der Waals surface area contributed by atoms with E-state index in [2.05, 4.69) is 29.4 Å². The van der Waals surface area contributed by atoms with Crippen LogP contribution in [0.3, 0.4) is 0 Å². The lowest BCUT2D eigenvalue weighted by atomic mass is 10.2. The lowest BCUT2D eigenvalue weighted by Crippen LogP contribution is -2.46. The summed E-state index contributed by atoms with van der Waals surface area (Å²) >= 11 is 0. The van der Waals surface area contributed by atoms with Crippen LogP contribution < -0.4 is 10.6 Å². The smallest absolute Gasteiger partial charge is 0.199 e. The van der Waals surface area contributed by atoms with Gasteiger partial charge in [0.1, 0.15) is 0 Å². The number of benzene rings is 1. The summed E-state index contributed by atoms with van der Waals surface area (Å²) in [4.78, 5) is 2.08. The van der Waals surface area contributed by atoms with Crippen LogP contribution in [-0.4, -0.2) is 29.9 Å². The molecule has 0 spiro atoms. The fourth-order valence-corrected chi connectivity index (χ4v) is 2.89. The van der Waals surface area contributed by atoms with Crippen molar-refractivity contribution in [3.05, 3.63) is 29.8 Å². The summed E-state index contributed by atoms with van der Waals surface area (Å²) < 4.78 is 0. The van der Waals surface area contributed by atoms with Crippen molar-refractivity contribution in [1.29, 1.82) is 10.8 Å². The van der Waals surface area contributed by atoms with Crippen molar-refractivity contribution in [2.24, 2.45) is 0 Å². The maximum Gasteiger partial charge on any atom is 0.199 e. The van der Waals surface area contributed by atoms with E-state index >= 15 is 0 Å². The molecule has 1 aromatic rings. The second-order valence-corrected chi connectivity index (χ2v) is 6.95. The highest BCUT2D eigenvalue weighted by Crippen LogP contribution is 2.09. The predicted molar refractivity (Wildman–Crippen MR) is 113 cm³/mol. The highest BCUT2D eigenvalue weighted by Gasteiger charge is 2.11. The van der Waals surface area contributed by atoms with E-state index in [4.69, 9.17) is 10.8 Å². The van der Waals surface area contributed by atoms with Gasteiger partial charge in [0.25, 0.3) is 0 Å². The van der Waals surface area contributed by atoms with Crippen molar-refractivity contribution >= 4 is 17.6 Å². The van der Waals surface area contributed by atoms with E-state index in [1.54, 1.807) is 0 Å². The van der Waals surface area contributed by atoms with E-state index in [-0.39, 0.29) is 5.96 Å². The Kier molecular flexibility index (Phi) is 11.2. The Labute approximate surface area is 159 Å². The summed E-state index contributed by atoms with van der Waals surface area (Å²) in [6, 6.07) is 7.91. The van der Waals surface area contributed by atoms with Crippen LogP contribution >= 0.6 is 0 Å². The van der Waals surface area contributed by atoms with E-state index < -0.39 is 0 Å². The fraction of sp³-hybridized carbons (Fsp3) is 0.619. The van der Waals surface area contributed by atoms with Crippen LogP contribution in [-0.2, 0) is 0 Å². The summed E-state index contributed by atoms with van der Waals surface area (Å²) in [5.41, 5.74) is 2.01. The number of rotatable bonds is 11. The summed E-state index contributed by atoms with van der Waals surface area (Å²) in [7, 11) is 0. The molecular weight excluding hydrogens is 322 g/mol. The Balaban J connectivity index is 2.51. The summed E-state index contributed by atoms with van der Waals surface area (Å²) in [5.74, 6) is 0.468. The molecule has 0 aliphatic rings. The molecule has 0 heterocycles. The third kappa shape index (κ3) is 9.44. The Morgan fingerprint density at radius 1 is 0.923 bits per heavy atom. The fourth-order valence-electron chi connectivity index (χ4n) is 2.89. The Morgan fingerprint density at radius 3 is 2.08 bits per heavy atom. The number of hydrogen-bond acceptors (Lipinski definition) is 2. The van der Waals surface area contributed by atoms with Crippen molar-refractivity contribution in [2.45, 2.75) is 72.1 Å². The lowest BCUT2D eigenvalue weighted by Gasteiger charge is -2.26. The molecule has 4 N–H and O–H groups in total. The maximum atomic E-state index is 8.38. The normalized spacial score (nSPS) is 10.4. The molecule has 0 radical (unpaired) electrons. The van der Waals surface area contributed by atoms with Crippen molar-refractivity contribution in [2.75, 3.05) is 18.4 Å². The van der Waals surface area contributed by atoms with Gasteiger partial charge in [0.15, 0.2) is 11.9 Å². The van der Waals surface area contributed by atoms with Crippen LogP contribution in [0.15, 0.2) is 24.3 Å². The molecule has 0 atom stereocenters. The molecule has 1 aromatic carbocycles. The highest BCUT2D eigenvalue weighted by atomic mass is 15.3. The molecule has 1 rings (SSSR count). The molecule has 5 heteroatoms. The minimum absolute atomic E-state index is 0.146. The number of aryl methyl sites for hydroxylation is 1. The molecule has 0 amide bonds. The molecule has 0 aliphatic heterocycles. The Morgan fingerprint density at radius 2 is 1.54 bits per heavy atom. The topological polar surface area (TPSA) is 75.0 Å². The van der Waals surface area contributed by atoms with Gasteiger partial charge in [-0.05, 0) is 37.5 Å². The van der Waals surface area contributed by atoms with E-state index in [1.165, 1.54) is 38.5 Å². The SMILES string of the molecule is CCCCCCN(CCCCCC)C(=N)NC(=N)Nc1cccc(C)c1. The number of unbranched alkanes of at least 4 members (excludes halogenated alkanes) is 6. The number of nitrogens with one attached hydrogen (secondary N) is 4. The largest absolute Gasteiger partial charge is 0.343 e. The molecular formula is C21H37N5. The summed E-state index contributed by atoms with van der Waals surface area (Å²) in [6.07, 6.45) is 9.54. The van der Waals surface area contributed by atoms with Crippen molar-refractivity contribution in [3.8, 4) is 0 Å². The maximum absolute atomic E-state index is 8.38. The first-order chi connectivity index (χ1) is 12.6. The zero-order valence-electron chi connectivity index (χ0n) is 16.8. The number of guanidine groups is 2. The first-order valence-corrected chi connectivity index (χ1v) is 10.1.